The van der Waals surface area contributed by atoms with Gasteiger partial charge in [0.05, 0.1) is 17.0 Å². The van der Waals surface area contributed by atoms with Gasteiger partial charge in [0.15, 0.2) is 5.13 Å². The molecule has 0 radical (unpaired) electrons. The molecule has 33 heavy (non-hydrogen) atoms. The largest absolute Gasteiger partial charge is 0.416 e. The average molecular weight is 476 g/mol. The Labute approximate surface area is 190 Å². The summed E-state index contributed by atoms with van der Waals surface area (Å²) in [6.07, 6.45) is -1.25. The number of nitrogens with zero attached hydrogens (tertiary/aromatic N) is 2. The molecule has 0 fully saturated rings. The third-order valence-electron chi connectivity index (χ3n) is 5.35. The van der Waals surface area contributed by atoms with E-state index in [4.69, 9.17) is 5.73 Å². The molecular weight excluding hydrogens is 456 g/mol. The monoisotopic (exact) mass is 476 g/mol. The molecular formula is C23H20F4N4OS. The molecule has 0 bridgehead atoms. The van der Waals surface area contributed by atoms with Crippen molar-refractivity contribution in [1.82, 2.24) is 9.97 Å². The lowest BCUT2D eigenvalue weighted by atomic mass is 9.92. The molecule has 0 amide bonds. The number of nitrogens with one attached hydrogen (secondary N) is 1. The number of hydrogen-bond acceptors (Lipinski definition) is 6. The minimum Gasteiger partial charge on any atom is -0.396 e. The number of aliphatic hydroxyl groups is 1. The summed E-state index contributed by atoms with van der Waals surface area (Å²) in [6.45, 7) is -0.0480. The van der Waals surface area contributed by atoms with Gasteiger partial charge in [-0.15, -0.1) is 0 Å². The van der Waals surface area contributed by atoms with Crippen LogP contribution in [0.2, 0.25) is 0 Å². The topological polar surface area (TPSA) is 84.1 Å². The summed E-state index contributed by atoms with van der Waals surface area (Å²) < 4.78 is 51.8. The number of fused-ring (bicyclic) bond motifs is 1. The summed E-state index contributed by atoms with van der Waals surface area (Å²) in [7, 11) is 0. The summed E-state index contributed by atoms with van der Waals surface area (Å²) in [5.74, 6) is -1.09. The third-order valence-corrected chi connectivity index (χ3v) is 6.35. The second-order valence-electron chi connectivity index (χ2n) is 7.55. The Morgan fingerprint density at radius 3 is 2.45 bits per heavy atom. The van der Waals surface area contributed by atoms with Gasteiger partial charge < -0.3 is 16.2 Å². The fourth-order valence-electron chi connectivity index (χ4n) is 3.51. The Balaban J connectivity index is 1.43. The fourth-order valence-corrected chi connectivity index (χ4v) is 4.33. The van der Waals surface area contributed by atoms with Gasteiger partial charge in [0.2, 0.25) is 5.95 Å². The van der Waals surface area contributed by atoms with Crippen LogP contribution in [-0.4, -0.2) is 34.3 Å². The van der Waals surface area contributed by atoms with Gasteiger partial charge in [-0.25, -0.2) is 9.97 Å². The van der Waals surface area contributed by atoms with Crippen molar-refractivity contribution in [1.29, 1.82) is 0 Å². The first-order valence-electron chi connectivity index (χ1n) is 10.0. The van der Waals surface area contributed by atoms with Gasteiger partial charge in [-0.3, -0.25) is 0 Å². The van der Waals surface area contributed by atoms with Crippen molar-refractivity contribution >= 4 is 27.2 Å². The predicted molar refractivity (Wildman–Crippen MR) is 121 cm³/mol. The first-order chi connectivity index (χ1) is 15.7. The molecule has 0 saturated heterocycles. The highest BCUT2D eigenvalue weighted by Gasteiger charge is 2.30. The minimum absolute atomic E-state index is 0.258. The number of halogens is 4. The van der Waals surface area contributed by atoms with E-state index in [0.717, 1.165) is 33.3 Å². The van der Waals surface area contributed by atoms with Crippen LogP contribution < -0.4 is 11.1 Å². The highest BCUT2D eigenvalue weighted by Crippen LogP contribution is 2.32. The van der Waals surface area contributed by atoms with Crippen molar-refractivity contribution < 1.29 is 22.7 Å². The van der Waals surface area contributed by atoms with E-state index in [1.54, 1.807) is 6.20 Å². The minimum atomic E-state index is -4.42. The van der Waals surface area contributed by atoms with E-state index in [1.165, 1.54) is 35.7 Å². The van der Waals surface area contributed by atoms with Crippen LogP contribution in [0.25, 0.3) is 21.2 Å². The lowest BCUT2D eigenvalue weighted by Crippen LogP contribution is -2.37. The summed E-state index contributed by atoms with van der Waals surface area (Å²) in [6, 6.07) is 11.1. The Bertz CT molecular complexity index is 1240. The van der Waals surface area contributed by atoms with Gasteiger partial charge in [-0.05, 0) is 34.7 Å². The van der Waals surface area contributed by atoms with E-state index in [2.05, 4.69) is 15.3 Å². The van der Waals surface area contributed by atoms with Gasteiger partial charge in [0, 0.05) is 42.4 Å². The van der Waals surface area contributed by atoms with E-state index >= 15 is 0 Å². The molecule has 4 rings (SSSR count). The SMILES string of the molecule is NC(CNc1ncc(-c2ccc3cnc(F)cc3c2)s1)C(CO)c1ccc(C(F)(F)F)cc1. The number of hydrogen-bond donors (Lipinski definition) is 3. The number of anilines is 1. The first kappa shape index (κ1) is 23.1. The molecule has 2 aromatic heterocycles. The summed E-state index contributed by atoms with van der Waals surface area (Å²) in [5, 5.41) is 15.0. The molecule has 4 aromatic rings. The van der Waals surface area contributed by atoms with E-state index in [9.17, 15) is 22.7 Å². The Morgan fingerprint density at radius 1 is 1.00 bits per heavy atom. The van der Waals surface area contributed by atoms with Crippen LogP contribution in [0.5, 0.6) is 0 Å². The van der Waals surface area contributed by atoms with E-state index in [1.807, 2.05) is 18.2 Å². The number of nitrogens with two attached hydrogens (primary N) is 1. The molecule has 2 atom stereocenters. The zero-order valence-corrected chi connectivity index (χ0v) is 18.0. The zero-order valence-electron chi connectivity index (χ0n) is 17.2. The van der Waals surface area contributed by atoms with Gasteiger partial charge in [0.1, 0.15) is 0 Å². The van der Waals surface area contributed by atoms with E-state index < -0.39 is 29.6 Å². The van der Waals surface area contributed by atoms with Crippen molar-refractivity contribution in [3.8, 4) is 10.4 Å². The maximum absolute atomic E-state index is 13.4. The summed E-state index contributed by atoms with van der Waals surface area (Å²) in [5.41, 5.74) is 6.87. The number of alkyl halides is 3. The molecule has 172 valence electrons. The number of thiazole rings is 1. The highest BCUT2D eigenvalue weighted by atomic mass is 32.1. The maximum Gasteiger partial charge on any atom is 0.416 e. The predicted octanol–water partition coefficient (Wildman–Crippen LogP) is 5.03. The van der Waals surface area contributed by atoms with Crippen LogP contribution >= 0.6 is 11.3 Å². The van der Waals surface area contributed by atoms with Crippen molar-refractivity contribution in [2.45, 2.75) is 18.1 Å². The highest BCUT2D eigenvalue weighted by molar-refractivity contribution is 7.18. The zero-order chi connectivity index (χ0) is 23.6. The van der Waals surface area contributed by atoms with Gasteiger partial charge >= 0.3 is 6.18 Å². The molecule has 4 N–H and O–H groups in total. The molecule has 2 unspecified atom stereocenters. The molecule has 0 aliphatic rings. The molecule has 0 spiro atoms. The summed E-state index contributed by atoms with van der Waals surface area (Å²) >= 11 is 1.39. The van der Waals surface area contributed by atoms with Crippen molar-refractivity contribution in [2.75, 3.05) is 18.5 Å². The number of pyridine rings is 1. The van der Waals surface area contributed by atoms with Crippen LogP contribution in [0.1, 0.15) is 17.0 Å². The van der Waals surface area contributed by atoms with Gasteiger partial charge in [-0.2, -0.15) is 17.6 Å². The van der Waals surface area contributed by atoms with Crippen LogP contribution in [0.4, 0.5) is 22.7 Å². The molecule has 0 aliphatic carbocycles. The maximum atomic E-state index is 13.4. The number of rotatable bonds is 7. The first-order valence-corrected chi connectivity index (χ1v) is 10.9. The van der Waals surface area contributed by atoms with Crippen LogP contribution in [0.3, 0.4) is 0 Å². The average Bonchev–Trinajstić information content (AvgIpc) is 3.26. The Morgan fingerprint density at radius 2 is 1.76 bits per heavy atom. The standard InChI is InChI=1S/C23H20F4N4OS/c24-21-8-16-7-14(1-2-15(16)9-29-21)20-11-31-22(33-20)30-10-19(28)18(12-32)13-3-5-17(6-4-13)23(25,26)27/h1-9,11,18-19,32H,10,12,28H2,(H,30,31). The smallest absolute Gasteiger partial charge is 0.396 e. The van der Waals surface area contributed by atoms with Gasteiger partial charge in [0.25, 0.3) is 0 Å². The van der Waals surface area contributed by atoms with Crippen molar-refractivity contribution in [3.05, 3.63) is 78.0 Å². The van der Waals surface area contributed by atoms with E-state index in [-0.39, 0.29) is 13.2 Å². The lowest BCUT2D eigenvalue weighted by molar-refractivity contribution is -0.137. The fraction of sp³-hybridized carbons (Fsp3) is 0.217. The Hall–Kier alpha value is -3.08. The summed E-state index contributed by atoms with van der Waals surface area (Å²) in [4.78, 5) is 8.85. The quantitative estimate of drug-likeness (QED) is 0.257. The van der Waals surface area contributed by atoms with Crippen molar-refractivity contribution in [3.63, 3.8) is 0 Å². The molecule has 2 heterocycles. The van der Waals surface area contributed by atoms with Crippen LogP contribution in [0.15, 0.2) is 60.9 Å². The van der Waals surface area contributed by atoms with Gasteiger partial charge in [-0.1, -0.05) is 35.6 Å². The Kier molecular flexibility index (Phi) is 6.59. The number of aliphatic hydroxyl groups excluding tert-OH is 1. The van der Waals surface area contributed by atoms with Crippen LogP contribution in [-0.2, 0) is 6.18 Å². The number of aromatic nitrogens is 2. The molecule has 10 heteroatoms. The molecule has 0 aliphatic heterocycles. The van der Waals surface area contributed by atoms with Crippen molar-refractivity contribution in [2.24, 2.45) is 5.73 Å². The lowest BCUT2D eigenvalue weighted by Gasteiger charge is -2.23. The third kappa shape index (κ3) is 5.29. The second kappa shape index (κ2) is 9.42. The number of benzene rings is 2. The normalized spacial score (nSPS) is 13.8. The molecule has 0 saturated carbocycles. The second-order valence-corrected chi connectivity index (χ2v) is 8.58. The van der Waals surface area contributed by atoms with E-state index in [0.29, 0.717) is 10.7 Å². The molecule has 2 aromatic carbocycles. The van der Waals surface area contributed by atoms with Crippen LogP contribution in [0, 0.1) is 5.95 Å². The molecule has 5 nitrogen and oxygen atoms in total.